The minimum Gasteiger partial charge on any atom is -0.493 e. The van der Waals surface area contributed by atoms with Gasteiger partial charge < -0.3 is 14.2 Å². The summed E-state index contributed by atoms with van der Waals surface area (Å²) in [5.74, 6) is -0.227. The molecule has 0 fully saturated rings. The smallest absolute Gasteiger partial charge is 0.338 e. The third kappa shape index (κ3) is 5.82. The molecule has 5 heteroatoms. The average molecular weight is 316 g/mol. The zero-order chi connectivity index (χ0) is 17.4. The average Bonchev–Trinajstić information content (AvgIpc) is 2.51. The molecular weight excluding hydrogens is 296 g/mol. The molecule has 1 rings (SSSR count). The van der Waals surface area contributed by atoms with Crippen LogP contribution in [-0.4, -0.2) is 19.0 Å². The lowest BCUT2D eigenvalue weighted by Crippen LogP contribution is -2.09. The maximum atomic E-state index is 11.6. The number of rotatable bonds is 7. The molecule has 0 aliphatic rings. The number of allylic oxidation sites excluding steroid dienone is 1. The molecule has 0 unspecified atom stereocenters. The maximum Gasteiger partial charge on any atom is 0.338 e. The zero-order valence-electron chi connectivity index (χ0n) is 13.5. The van der Waals surface area contributed by atoms with Crippen LogP contribution in [0.3, 0.4) is 0 Å². The molecule has 0 spiro atoms. The van der Waals surface area contributed by atoms with E-state index >= 15 is 0 Å². The van der Waals surface area contributed by atoms with Gasteiger partial charge in [0.2, 0.25) is 0 Å². The fourth-order valence-corrected chi connectivity index (χ4v) is 1.50. The third-order valence-electron chi connectivity index (χ3n) is 2.75. The number of carbonyl (C=O) groups excluding carboxylic acids is 2. The van der Waals surface area contributed by atoms with Crippen molar-refractivity contribution in [1.29, 1.82) is 0 Å². The highest BCUT2D eigenvalue weighted by atomic mass is 16.6. The molecule has 0 aliphatic heterocycles. The molecule has 122 valence electrons. The summed E-state index contributed by atoms with van der Waals surface area (Å²) in [6, 6.07) is 5.17. The summed E-state index contributed by atoms with van der Waals surface area (Å²) in [7, 11) is 1.49. The minimum atomic E-state index is -0.511. The van der Waals surface area contributed by atoms with E-state index in [4.69, 9.17) is 14.2 Å². The fraction of sp³-hybridized carbons (Fsp3) is 0.222. The molecule has 0 aromatic heterocycles. The van der Waals surface area contributed by atoms with Crippen LogP contribution >= 0.6 is 0 Å². The lowest BCUT2D eigenvalue weighted by molar-refractivity contribution is -0.133. The normalized spacial score (nSPS) is 10.2. The Bertz CT molecular complexity index is 655. The number of ether oxygens (including phenoxy) is 3. The second kappa shape index (κ2) is 8.58. The molecule has 0 radical (unpaired) electrons. The van der Waals surface area contributed by atoms with Gasteiger partial charge in [-0.2, -0.15) is 0 Å². The monoisotopic (exact) mass is 316 g/mol. The summed E-state index contributed by atoms with van der Waals surface area (Å²) in [4.78, 5) is 22.8. The molecule has 0 N–H and O–H groups in total. The molecule has 1 aromatic rings. The summed E-state index contributed by atoms with van der Waals surface area (Å²) in [6.07, 6.45) is 3.53. The quantitative estimate of drug-likeness (QED) is 0.334. The van der Waals surface area contributed by atoms with Crippen molar-refractivity contribution in [2.75, 3.05) is 7.11 Å². The largest absolute Gasteiger partial charge is 0.493 e. The van der Waals surface area contributed by atoms with Gasteiger partial charge in [-0.3, -0.25) is 0 Å². The van der Waals surface area contributed by atoms with Crippen LogP contribution in [0.5, 0.6) is 11.5 Å². The molecular formula is C18H20O5. The second-order valence-electron chi connectivity index (χ2n) is 4.92. The van der Waals surface area contributed by atoms with Gasteiger partial charge in [0.05, 0.1) is 13.4 Å². The first-order valence-corrected chi connectivity index (χ1v) is 6.91. The second-order valence-corrected chi connectivity index (χ2v) is 4.92. The Labute approximate surface area is 135 Å². The number of hydrogen-bond acceptors (Lipinski definition) is 5. The Balaban J connectivity index is 2.74. The Hall–Kier alpha value is -2.82. The van der Waals surface area contributed by atoms with E-state index in [0.29, 0.717) is 29.1 Å². The van der Waals surface area contributed by atoms with Gasteiger partial charge in [-0.25, -0.2) is 9.59 Å². The summed E-state index contributed by atoms with van der Waals surface area (Å²) >= 11 is 0. The third-order valence-corrected chi connectivity index (χ3v) is 2.75. The topological polar surface area (TPSA) is 61.8 Å². The number of benzene rings is 1. The van der Waals surface area contributed by atoms with Crippen LogP contribution in [0.25, 0.3) is 0 Å². The van der Waals surface area contributed by atoms with Gasteiger partial charge in [-0.1, -0.05) is 19.2 Å². The van der Waals surface area contributed by atoms with Gasteiger partial charge >= 0.3 is 11.9 Å². The summed E-state index contributed by atoms with van der Waals surface area (Å²) in [5, 5.41) is 0. The Kier molecular flexibility index (Phi) is 6.80. The molecule has 0 amide bonds. The van der Waals surface area contributed by atoms with E-state index in [1.807, 2.05) is 0 Å². The van der Waals surface area contributed by atoms with Crippen LogP contribution in [0, 0.1) is 0 Å². The Morgan fingerprint density at radius 1 is 1.09 bits per heavy atom. The summed E-state index contributed by atoms with van der Waals surface area (Å²) < 4.78 is 15.2. The minimum absolute atomic E-state index is 0.304. The molecule has 5 nitrogen and oxygen atoms in total. The van der Waals surface area contributed by atoms with Crippen LogP contribution < -0.4 is 9.47 Å². The Morgan fingerprint density at radius 3 is 2.30 bits per heavy atom. The van der Waals surface area contributed by atoms with Crippen molar-refractivity contribution >= 4 is 11.9 Å². The molecule has 0 bridgehead atoms. The highest BCUT2D eigenvalue weighted by Gasteiger charge is 2.11. The standard InChI is InChI=1S/C18H20O5/c1-12(2)17(19)22-10-6-7-14-8-9-15(16(11-14)21-5)23-18(20)13(3)4/h6,8-11H,1,3,7H2,2,4-5H3/b10-6+. The maximum absolute atomic E-state index is 11.6. The van der Waals surface area contributed by atoms with Crippen molar-refractivity contribution in [2.45, 2.75) is 20.3 Å². The summed E-state index contributed by atoms with van der Waals surface area (Å²) in [5.41, 5.74) is 1.54. The van der Waals surface area contributed by atoms with Crippen molar-refractivity contribution in [1.82, 2.24) is 0 Å². The van der Waals surface area contributed by atoms with E-state index in [1.54, 1.807) is 38.1 Å². The van der Waals surface area contributed by atoms with Crippen LogP contribution in [0.15, 0.2) is 54.8 Å². The fourth-order valence-electron chi connectivity index (χ4n) is 1.50. The highest BCUT2D eigenvalue weighted by Crippen LogP contribution is 2.29. The van der Waals surface area contributed by atoms with Crippen LogP contribution in [-0.2, 0) is 20.7 Å². The molecule has 23 heavy (non-hydrogen) atoms. The highest BCUT2D eigenvalue weighted by molar-refractivity contribution is 5.89. The molecule has 0 aliphatic carbocycles. The lowest BCUT2D eigenvalue weighted by atomic mass is 10.1. The van der Waals surface area contributed by atoms with Crippen LogP contribution in [0.1, 0.15) is 19.4 Å². The SMILES string of the molecule is C=C(C)C(=O)O/C=C/Cc1ccc(OC(=O)C(=C)C)c(OC)c1. The molecule has 0 atom stereocenters. The van der Waals surface area contributed by atoms with Crippen LogP contribution in [0.2, 0.25) is 0 Å². The van der Waals surface area contributed by atoms with E-state index in [2.05, 4.69) is 13.2 Å². The van der Waals surface area contributed by atoms with E-state index in [1.165, 1.54) is 13.4 Å². The van der Waals surface area contributed by atoms with Gasteiger partial charge in [0.1, 0.15) is 0 Å². The molecule has 1 aromatic carbocycles. The number of methoxy groups -OCH3 is 1. The van der Waals surface area contributed by atoms with E-state index in [-0.39, 0.29) is 0 Å². The zero-order valence-corrected chi connectivity index (χ0v) is 13.5. The van der Waals surface area contributed by atoms with Crippen molar-refractivity contribution in [3.05, 3.63) is 60.4 Å². The molecule has 0 heterocycles. The van der Waals surface area contributed by atoms with Gasteiger partial charge in [-0.15, -0.1) is 0 Å². The van der Waals surface area contributed by atoms with Crippen molar-refractivity contribution < 1.29 is 23.8 Å². The van der Waals surface area contributed by atoms with Crippen molar-refractivity contribution in [2.24, 2.45) is 0 Å². The van der Waals surface area contributed by atoms with Gasteiger partial charge in [0.15, 0.2) is 11.5 Å². The first kappa shape index (κ1) is 18.2. The van der Waals surface area contributed by atoms with Crippen molar-refractivity contribution in [3.63, 3.8) is 0 Å². The van der Waals surface area contributed by atoms with Crippen LogP contribution in [0.4, 0.5) is 0 Å². The predicted molar refractivity (Wildman–Crippen MR) is 87.2 cm³/mol. The van der Waals surface area contributed by atoms with Gasteiger partial charge in [0, 0.05) is 11.1 Å². The molecule has 0 saturated carbocycles. The summed E-state index contributed by atoms with van der Waals surface area (Å²) in [6.45, 7) is 10.2. The Morgan fingerprint density at radius 2 is 1.74 bits per heavy atom. The lowest BCUT2D eigenvalue weighted by Gasteiger charge is -2.10. The number of esters is 2. The first-order valence-electron chi connectivity index (χ1n) is 6.91. The molecule has 0 saturated heterocycles. The predicted octanol–water partition coefficient (Wildman–Crippen LogP) is 3.35. The number of hydrogen-bond donors (Lipinski definition) is 0. The van der Waals surface area contributed by atoms with E-state index in [0.717, 1.165) is 5.56 Å². The van der Waals surface area contributed by atoms with E-state index < -0.39 is 11.9 Å². The number of carbonyl (C=O) groups is 2. The van der Waals surface area contributed by atoms with Gasteiger partial charge in [0.25, 0.3) is 0 Å². The van der Waals surface area contributed by atoms with Gasteiger partial charge in [-0.05, 0) is 44.0 Å². The van der Waals surface area contributed by atoms with Crippen molar-refractivity contribution in [3.8, 4) is 11.5 Å². The van der Waals surface area contributed by atoms with E-state index in [9.17, 15) is 9.59 Å². The first-order chi connectivity index (χ1) is 10.8.